The largest absolute Gasteiger partial charge is 0.468 e. The van der Waals surface area contributed by atoms with Crippen LogP contribution < -0.4 is 10.2 Å². The number of carbonyl (C=O) groups excluding carboxylic acids is 2. The van der Waals surface area contributed by atoms with Gasteiger partial charge in [-0.15, -0.1) is 0 Å². The number of nitrogens with zero attached hydrogens (tertiary/aromatic N) is 1. The molecule has 4 rings (SSSR count). The zero-order chi connectivity index (χ0) is 16.0. The molecule has 118 valence electrons. The number of para-hydroxylation sites is 1. The topological polar surface area (TPSA) is 62.6 Å². The molecule has 1 fully saturated rings. The summed E-state index contributed by atoms with van der Waals surface area (Å²) in [5.74, 6) is 0.904. The van der Waals surface area contributed by atoms with Crippen LogP contribution in [0.4, 0.5) is 5.69 Å². The Balaban J connectivity index is 1.77. The summed E-state index contributed by atoms with van der Waals surface area (Å²) in [5, 5.41) is 2.92. The van der Waals surface area contributed by atoms with Crippen molar-refractivity contribution in [3.8, 4) is 0 Å². The van der Waals surface area contributed by atoms with Gasteiger partial charge in [-0.2, -0.15) is 0 Å². The fourth-order valence-electron chi connectivity index (χ4n) is 3.12. The Hall–Kier alpha value is -2.56. The predicted octanol–water partition coefficient (Wildman–Crippen LogP) is 2.94. The van der Waals surface area contributed by atoms with Crippen molar-refractivity contribution < 1.29 is 14.0 Å². The van der Waals surface area contributed by atoms with E-state index in [2.05, 4.69) is 5.32 Å². The lowest BCUT2D eigenvalue weighted by Gasteiger charge is -2.24. The van der Waals surface area contributed by atoms with Gasteiger partial charge < -0.3 is 14.6 Å². The number of hydrogen-bond donors (Lipinski definition) is 1. The first-order valence-corrected chi connectivity index (χ1v) is 7.94. The minimum atomic E-state index is -0.141. The van der Waals surface area contributed by atoms with Crippen LogP contribution in [-0.2, 0) is 0 Å². The van der Waals surface area contributed by atoms with Gasteiger partial charge in [-0.1, -0.05) is 12.1 Å². The number of carbonyl (C=O) groups is 2. The SMILES string of the molecule is CC1CN(C(=O)c2ccoc2C2CC2)c2ccccc2C(=O)N1. The third-order valence-corrected chi connectivity index (χ3v) is 4.39. The lowest BCUT2D eigenvalue weighted by Crippen LogP contribution is -2.41. The summed E-state index contributed by atoms with van der Waals surface area (Å²) in [5.41, 5.74) is 1.80. The predicted molar refractivity (Wildman–Crippen MR) is 85.7 cm³/mol. The molecule has 1 aromatic carbocycles. The summed E-state index contributed by atoms with van der Waals surface area (Å²) in [6.07, 6.45) is 3.72. The second-order valence-corrected chi connectivity index (χ2v) is 6.28. The highest BCUT2D eigenvalue weighted by Gasteiger charge is 2.35. The van der Waals surface area contributed by atoms with Gasteiger partial charge in [0.15, 0.2) is 0 Å². The molecule has 0 saturated heterocycles. The van der Waals surface area contributed by atoms with E-state index in [9.17, 15) is 9.59 Å². The van der Waals surface area contributed by atoms with Crippen molar-refractivity contribution in [3.63, 3.8) is 0 Å². The van der Waals surface area contributed by atoms with Crippen LogP contribution in [-0.4, -0.2) is 24.4 Å². The highest BCUT2D eigenvalue weighted by Crippen LogP contribution is 2.42. The molecule has 2 aromatic rings. The highest BCUT2D eigenvalue weighted by atomic mass is 16.3. The molecule has 0 radical (unpaired) electrons. The number of rotatable bonds is 2. The van der Waals surface area contributed by atoms with Gasteiger partial charge in [-0.3, -0.25) is 9.59 Å². The minimum absolute atomic E-state index is 0.101. The number of nitrogens with one attached hydrogen (secondary N) is 1. The number of anilines is 1. The Bertz CT molecular complexity index is 776. The van der Waals surface area contributed by atoms with Gasteiger partial charge in [-0.05, 0) is 38.0 Å². The van der Waals surface area contributed by atoms with Crippen molar-refractivity contribution in [1.82, 2.24) is 5.32 Å². The van der Waals surface area contributed by atoms with E-state index >= 15 is 0 Å². The normalized spacial score (nSPS) is 20.7. The number of amides is 2. The molecule has 1 N–H and O–H groups in total. The molecule has 23 heavy (non-hydrogen) atoms. The Morgan fingerprint density at radius 3 is 2.83 bits per heavy atom. The van der Waals surface area contributed by atoms with Gasteiger partial charge in [0.2, 0.25) is 0 Å². The zero-order valence-corrected chi connectivity index (χ0v) is 12.9. The number of benzene rings is 1. The van der Waals surface area contributed by atoms with E-state index in [1.807, 2.05) is 25.1 Å². The summed E-state index contributed by atoms with van der Waals surface area (Å²) >= 11 is 0. The summed E-state index contributed by atoms with van der Waals surface area (Å²) in [6.45, 7) is 2.35. The summed E-state index contributed by atoms with van der Waals surface area (Å²) in [4.78, 5) is 27.1. The molecule has 1 aliphatic carbocycles. The van der Waals surface area contributed by atoms with E-state index in [0.29, 0.717) is 29.3 Å². The average molecular weight is 310 g/mol. The monoisotopic (exact) mass is 310 g/mol. The molecule has 2 heterocycles. The van der Waals surface area contributed by atoms with Crippen molar-refractivity contribution in [3.05, 3.63) is 53.5 Å². The van der Waals surface area contributed by atoms with E-state index in [4.69, 9.17) is 4.42 Å². The maximum absolute atomic E-state index is 13.1. The van der Waals surface area contributed by atoms with Crippen molar-refractivity contribution in [1.29, 1.82) is 0 Å². The second kappa shape index (κ2) is 5.26. The van der Waals surface area contributed by atoms with Gasteiger partial charge >= 0.3 is 0 Å². The zero-order valence-electron chi connectivity index (χ0n) is 12.9. The Morgan fingerprint density at radius 2 is 2.04 bits per heavy atom. The van der Waals surface area contributed by atoms with Gasteiger partial charge in [-0.25, -0.2) is 0 Å². The van der Waals surface area contributed by atoms with Crippen LogP contribution in [0.3, 0.4) is 0 Å². The lowest BCUT2D eigenvalue weighted by atomic mass is 10.1. The van der Waals surface area contributed by atoms with Gasteiger partial charge in [0.05, 0.1) is 23.1 Å². The summed E-state index contributed by atoms with van der Waals surface area (Å²) in [6, 6.07) is 8.85. The van der Waals surface area contributed by atoms with Crippen molar-refractivity contribution in [2.24, 2.45) is 0 Å². The van der Waals surface area contributed by atoms with Crippen molar-refractivity contribution in [2.75, 3.05) is 11.4 Å². The summed E-state index contributed by atoms with van der Waals surface area (Å²) in [7, 11) is 0. The minimum Gasteiger partial charge on any atom is -0.468 e. The van der Waals surface area contributed by atoms with Crippen LogP contribution in [0.15, 0.2) is 41.0 Å². The van der Waals surface area contributed by atoms with Crippen LogP contribution in [0.2, 0.25) is 0 Å². The first-order chi connectivity index (χ1) is 11.1. The van der Waals surface area contributed by atoms with Crippen LogP contribution >= 0.6 is 0 Å². The third-order valence-electron chi connectivity index (χ3n) is 4.39. The van der Waals surface area contributed by atoms with Gasteiger partial charge in [0.25, 0.3) is 11.8 Å². The molecule has 5 heteroatoms. The van der Waals surface area contributed by atoms with E-state index in [1.165, 1.54) is 0 Å². The van der Waals surface area contributed by atoms with E-state index < -0.39 is 0 Å². The van der Waals surface area contributed by atoms with Crippen molar-refractivity contribution >= 4 is 17.5 Å². The van der Waals surface area contributed by atoms with Crippen LogP contribution in [0.25, 0.3) is 0 Å². The lowest BCUT2D eigenvalue weighted by molar-refractivity contribution is 0.0939. The molecule has 0 spiro atoms. The molecule has 1 saturated carbocycles. The standard InChI is InChI=1S/C18H18N2O3/c1-11-10-20(15-5-3-2-4-13(15)17(21)19-11)18(22)14-8-9-23-16(14)12-6-7-12/h2-5,8-9,11-12H,6-7,10H2,1H3,(H,19,21). The Morgan fingerprint density at radius 1 is 1.26 bits per heavy atom. The number of furan rings is 1. The molecule has 1 aromatic heterocycles. The molecule has 2 amide bonds. The molecule has 1 aliphatic heterocycles. The summed E-state index contributed by atoms with van der Waals surface area (Å²) < 4.78 is 5.54. The van der Waals surface area contributed by atoms with Gasteiger partial charge in [0, 0.05) is 18.5 Å². The quantitative estimate of drug-likeness (QED) is 0.927. The molecule has 5 nitrogen and oxygen atoms in total. The van der Waals surface area contributed by atoms with Crippen LogP contribution in [0, 0.1) is 0 Å². The smallest absolute Gasteiger partial charge is 0.261 e. The second-order valence-electron chi connectivity index (χ2n) is 6.28. The Labute approximate surface area is 134 Å². The van der Waals surface area contributed by atoms with E-state index in [0.717, 1.165) is 18.6 Å². The maximum atomic E-state index is 13.1. The first-order valence-electron chi connectivity index (χ1n) is 7.94. The van der Waals surface area contributed by atoms with E-state index in [-0.39, 0.29) is 17.9 Å². The molecular formula is C18H18N2O3. The van der Waals surface area contributed by atoms with Gasteiger partial charge in [0.1, 0.15) is 5.76 Å². The molecule has 1 unspecified atom stereocenters. The molecule has 1 atom stereocenters. The molecule has 2 aliphatic rings. The fraction of sp³-hybridized carbons (Fsp3) is 0.333. The fourth-order valence-corrected chi connectivity index (χ4v) is 3.12. The van der Waals surface area contributed by atoms with Crippen LogP contribution in [0.5, 0.6) is 0 Å². The molecular weight excluding hydrogens is 292 g/mol. The maximum Gasteiger partial charge on any atom is 0.261 e. The third kappa shape index (κ3) is 2.42. The number of hydrogen-bond acceptors (Lipinski definition) is 3. The Kier molecular flexibility index (Phi) is 3.22. The highest BCUT2D eigenvalue weighted by molar-refractivity contribution is 6.11. The first kappa shape index (κ1) is 14.1. The number of fused-ring (bicyclic) bond motifs is 1. The van der Waals surface area contributed by atoms with Crippen molar-refractivity contribution in [2.45, 2.75) is 31.7 Å². The van der Waals surface area contributed by atoms with Crippen LogP contribution in [0.1, 0.15) is 52.2 Å². The van der Waals surface area contributed by atoms with E-state index in [1.54, 1.807) is 23.3 Å². The molecule has 0 bridgehead atoms. The average Bonchev–Trinajstić information content (AvgIpc) is 3.30.